The van der Waals surface area contributed by atoms with Gasteiger partial charge in [0.1, 0.15) is 35.4 Å². The predicted octanol–water partition coefficient (Wildman–Crippen LogP) is 7.04. The van der Waals surface area contributed by atoms with Gasteiger partial charge in [-0.3, -0.25) is 0 Å². The molecule has 252 valence electrons. The van der Waals surface area contributed by atoms with E-state index in [1.54, 1.807) is 55.5 Å². The first kappa shape index (κ1) is 35.5. The average Bonchev–Trinajstić information content (AvgIpc) is 3.36. The van der Waals surface area contributed by atoms with Gasteiger partial charge in [0.05, 0.1) is 18.3 Å². The number of azide groups is 1. The van der Waals surface area contributed by atoms with Crippen LogP contribution in [0.25, 0.3) is 16.5 Å². The van der Waals surface area contributed by atoms with Crippen LogP contribution in [0.5, 0.6) is 11.5 Å². The van der Waals surface area contributed by atoms with Gasteiger partial charge in [0.2, 0.25) is 0 Å². The van der Waals surface area contributed by atoms with Crippen molar-refractivity contribution < 1.29 is 42.7 Å². The molecule has 47 heavy (non-hydrogen) atoms. The summed E-state index contributed by atoms with van der Waals surface area (Å²) in [7, 11) is 1.49. The Kier molecular flexibility index (Phi) is 12.8. The van der Waals surface area contributed by atoms with Gasteiger partial charge >= 0.3 is 11.9 Å². The Morgan fingerprint density at radius 1 is 1.09 bits per heavy atom. The molecule has 0 radical (unpaired) electrons. The minimum absolute atomic E-state index is 0.0964. The van der Waals surface area contributed by atoms with E-state index >= 15 is 0 Å². The molecular weight excluding hydrogens is 606 g/mol. The summed E-state index contributed by atoms with van der Waals surface area (Å²) in [5.41, 5.74) is 9.66. The van der Waals surface area contributed by atoms with Crippen LogP contribution in [0.4, 0.5) is 0 Å². The van der Waals surface area contributed by atoms with Gasteiger partial charge in [0.15, 0.2) is 12.6 Å². The third-order valence-corrected chi connectivity index (χ3v) is 7.73. The van der Waals surface area contributed by atoms with Gasteiger partial charge in [-0.15, -0.1) is 0 Å². The molecule has 4 rings (SSSR count). The van der Waals surface area contributed by atoms with E-state index in [-0.39, 0.29) is 24.0 Å². The van der Waals surface area contributed by atoms with Gasteiger partial charge in [-0.2, -0.15) is 0 Å². The molecule has 1 fully saturated rings. The number of cyclic esters (lactones) is 1. The molecule has 2 aromatic carbocycles. The number of esters is 2. The van der Waals surface area contributed by atoms with Gasteiger partial charge in [-0.25, -0.2) is 9.59 Å². The van der Waals surface area contributed by atoms with Crippen molar-refractivity contribution in [1.29, 1.82) is 0 Å². The Labute approximate surface area is 275 Å². The molecule has 0 N–H and O–H groups in total. The summed E-state index contributed by atoms with van der Waals surface area (Å²) in [6, 6.07) is 12.1. The zero-order valence-electron chi connectivity index (χ0n) is 27.5. The summed E-state index contributed by atoms with van der Waals surface area (Å²) in [5.74, 6) is -1.53. The first-order chi connectivity index (χ1) is 22.6. The fraction of sp³-hybridized carbons (Fsp3) is 0.486. The van der Waals surface area contributed by atoms with Crippen LogP contribution in [0.15, 0.2) is 65.8 Å². The van der Waals surface area contributed by atoms with Crippen molar-refractivity contribution in [2.24, 2.45) is 11.0 Å². The number of fused-ring (bicyclic) bond motifs is 2. The summed E-state index contributed by atoms with van der Waals surface area (Å²) in [5, 5.41) is 3.55. The summed E-state index contributed by atoms with van der Waals surface area (Å²) in [6.07, 6.45) is 6.57. The maximum absolute atomic E-state index is 13.7. The number of ether oxygens (including phenoxy) is 7. The lowest BCUT2D eigenvalue weighted by atomic mass is 9.98. The van der Waals surface area contributed by atoms with Crippen molar-refractivity contribution in [2.75, 3.05) is 27.1 Å². The molecule has 0 bridgehead atoms. The van der Waals surface area contributed by atoms with Crippen LogP contribution in [0.3, 0.4) is 0 Å². The summed E-state index contributed by atoms with van der Waals surface area (Å²) >= 11 is 0. The highest BCUT2D eigenvalue weighted by Gasteiger charge is 2.45. The summed E-state index contributed by atoms with van der Waals surface area (Å²) in [4.78, 5) is 29.7. The molecule has 2 aliphatic rings. The number of unbranched alkanes of at least 4 members (excludes halogenated alkanes) is 1. The largest absolute Gasteiger partial charge is 0.493 e. The van der Waals surface area contributed by atoms with E-state index < -0.39 is 42.1 Å². The van der Waals surface area contributed by atoms with Crippen LogP contribution in [-0.2, 0) is 23.7 Å². The lowest BCUT2D eigenvalue weighted by Crippen LogP contribution is -2.37. The van der Waals surface area contributed by atoms with Crippen LogP contribution >= 0.6 is 0 Å². The summed E-state index contributed by atoms with van der Waals surface area (Å²) < 4.78 is 41.5. The Balaban J connectivity index is 1.69. The zero-order chi connectivity index (χ0) is 33.8. The fourth-order valence-electron chi connectivity index (χ4n) is 5.21. The molecule has 2 aliphatic heterocycles. The lowest BCUT2D eigenvalue weighted by Gasteiger charge is -2.25. The number of rotatable bonds is 11. The molecule has 0 spiro atoms. The number of methoxy groups -OCH3 is 1. The van der Waals surface area contributed by atoms with Crippen LogP contribution < -0.4 is 9.47 Å². The molecule has 5 atom stereocenters. The predicted molar refractivity (Wildman–Crippen MR) is 174 cm³/mol. The van der Waals surface area contributed by atoms with Gasteiger partial charge in [-0.05, 0) is 75.4 Å². The Morgan fingerprint density at radius 3 is 2.62 bits per heavy atom. The molecule has 12 nitrogen and oxygen atoms in total. The van der Waals surface area contributed by atoms with Crippen LogP contribution in [0.2, 0.25) is 0 Å². The molecule has 0 aliphatic carbocycles. The number of hydrogen-bond donors (Lipinski definition) is 0. The number of hydrogen-bond acceptors (Lipinski definition) is 10. The first-order valence-corrected chi connectivity index (χ1v) is 15.7. The van der Waals surface area contributed by atoms with Gasteiger partial charge in [0.25, 0.3) is 0 Å². The topological polar surface area (TPSA) is 148 Å². The van der Waals surface area contributed by atoms with E-state index in [2.05, 4.69) is 10.0 Å². The monoisotopic (exact) mass is 649 g/mol. The Bertz CT molecular complexity index is 1470. The quantitative estimate of drug-likeness (QED) is 0.0475. The maximum Gasteiger partial charge on any atom is 0.342 e. The molecular formula is C35H43N3O9. The lowest BCUT2D eigenvalue weighted by molar-refractivity contribution is -0.152. The third-order valence-electron chi connectivity index (χ3n) is 7.73. The number of carbonyl (C=O) groups is 2. The first-order valence-electron chi connectivity index (χ1n) is 15.7. The molecule has 1 unspecified atom stereocenters. The van der Waals surface area contributed by atoms with Gasteiger partial charge in [-0.1, -0.05) is 48.5 Å². The standard InChI is InChI=1S/C35H43N3O9/c1-23-16-17-28(45-33(39)25-12-7-6-8-13-25)32-29(46-35(3,4)47-32)15-11-14-26-20-27(42-19-10-9-18-37-38-36)21-30(43-22-41-5)31(26)34(40)44-24(23)2/h6-8,11-14,16-17,20-21,23-24,28-29,32H,9-10,15,18-19,22H2,1-5H3/b14-11?,17-16-/t23-,24+,28?,29+,32-/m1/s1. The highest BCUT2D eigenvalue weighted by Crippen LogP contribution is 2.36. The average molecular weight is 650 g/mol. The van der Waals surface area contributed by atoms with Crippen molar-refractivity contribution in [3.05, 3.63) is 87.8 Å². The molecule has 12 heteroatoms. The SMILES string of the molecule is COCOc1cc(OCCCCN=[N+]=[N-])cc2c1C(=O)O[C@@H](C)[C@H](C)/C=C\C(OC(=O)c1ccccc1)[C@H]1OC(C)(C)O[C@H]1CC=C2. The summed E-state index contributed by atoms with van der Waals surface area (Å²) in [6.45, 7) is 7.99. The van der Waals surface area contributed by atoms with Gasteiger partial charge in [0, 0.05) is 30.6 Å². The highest BCUT2D eigenvalue weighted by atomic mass is 16.8. The third kappa shape index (κ3) is 10.1. The van der Waals surface area contributed by atoms with Gasteiger partial charge < -0.3 is 33.2 Å². The molecule has 1 saturated heterocycles. The van der Waals surface area contributed by atoms with Crippen molar-refractivity contribution in [1.82, 2.24) is 0 Å². The second-order valence-electron chi connectivity index (χ2n) is 11.8. The highest BCUT2D eigenvalue weighted by molar-refractivity contribution is 5.97. The second-order valence-corrected chi connectivity index (χ2v) is 11.8. The van der Waals surface area contributed by atoms with E-state index in [1.807, 2.05) is 39.0 Å². The Hall–Kier alpha value is -4.35. The minimum atomic E-state index is -0.932. The fourth-order valence-corrected chi connectivity index (χ4v) is 5.21. The van der Waals surface area contributed by atoms with Crippen LogP contribution in [0.1, 0.15) is 73.2 Å². The zero-order valence-corrected chi connectivity index (χ0v) is 27.5. The molecule has 0 aromatic heterocycles. The van der Waals surface area contributed by atoms with Crippen molar-refractivity contribution >= 4 is 18.0 Å². The van der Waals surface area contributed by atoms with Crippen LogP contribution in [0, 0.1) is 5.92 Å². The van der Waals surface area contributed by atoms with E-state index in [0.29, 0.717) is 49.3 Å². The second kappa shape index (κ2) is 17.0. The van der Waals surface area contributed by atoms with Crippen LogP contribution in [-0.4, -0.2) is 69.2 Å². The number of carbonyl (C=O) groups excluding carboxylic acids is 2. The Morgan fingerprint density at radius 2 is 1.87 bits per heavy atom. The van der Waals surface area contributed by atoms with E-state index in [0.717, 1.165) is 0 Å². The molecule has 2 aromatic rings. The molecule has 0 saturated carbocycles. The number of benzene rings is 2. The maximum atomic E-state index is 13.7. The van der Waals surface area contributed by atoms with E-state index in [9.17, 15) is 9.59 Å². The normalized spacial score (nSPS) is 24.4. The van der Waals surface area contributed by atoms with Crippen molar-refractivity contribution in [3.63, 3.8) is 0 Å². The number of nitrogens with zero attached hydrogens (tertiary/aromatic N) is 3. The van der Waals surface area contributed by atoms with E-state index in [1.165, 1.54) is 7.11 Å². The van der Waals surface area contributed by atoms with Crippen molar-refractivity contribution in [3.8, 4) is 11.5 Å². The smallest absolute Gasteiger partial charge is 0.342 e. The van der Waals surface area contributed by atoms with E-state index in [4.69, 9.17) is 38.7 Å². The molecule has 2 heterocycles. The van der Waals surface area contributed by atoms with Crippen molar-refractivity contribution in [2.45, 2.75) is 77.2 Å². The minimum Gasteiger partial charge on any atom is -0.493 e. The molecule has 0 amide bonds.